The van der Waals surface area contributed by atoms with E-state index >= 15 is 0 Å². The van der Waals surface area contributed by atoms with Crippen LogP contribution in [0.2, 0.25) is 0 Å². The Morgan fingerprint density at radius 1 is 1.38 bits per heavy atom. The molecule has 1 heterocycles. The number of nitrogens with zero attached hydrogens (tertiary/aromatic N) is 2. The third-order valence-corrected chi connectivity index (χ3v) is 4.55. The highest BCUT2D eigenvalue weighted by Crippen LogP contribution is 2.18. The second kappa shape index (κ2) is 10.8. The van der Waals surface area contributed by atoms with E-state index in [4.69, 9.17) is 4.74 Å². The fourth-order valence-corrected chi connectivity index (χ4v) is 3.21. The van der Waals surface area contributed by atoms with Crippen LogP contribution < -0.4 is 15.4 Å². The number of methoxy groups -OCH3 is 1. The zero-order chi connectivity index (χ0) is 16.7. The Labute approximate surface area is 163 Å². The summed E-state index contributed by atoms with van der Waals surface area (Å²) in [5, 5.41) is 6.84. The minimum atomic E-state index is 0. The topological polar surface area (TPSA) is 48.9 Å². The van der Waals surface area contributed by atoms with Crippen LogP contribution in [0.3, 0.4) is 0 Å². The van der Waals surface area contributed by atoms with Gasteiger partial charge in [-0.3, -0.25) is 9.89 Å². The highest BCUT2D eigenvalue weighted by atomic mass is 127. The second-order valence-corrected chi connectivity index (χ2v) is 6.04. The van der Waals surface area contributed by atoms with Gasteiger partial charge in [-0.15, -0.1) is 24.0 Å². The molecule has 136 valence electrons. The van der Waals surface area contributed by atoms with E-state index < -0.39 is 0 Å². The summed E-state index contributed by atoms with van der Waals surface area (Å²) in [4.78, 5) is 6.86. The number of ether oxygens (including phenoxy) is 1. The fraction of sp³-hybridized carbons (Fsp3) is 0.611. The summed E-state index contributed by atoms with van der Waals surface area (Å²) in [6.07, 6.45) is 2.58. The molecule has 1 fully saturated rings. The van der Waals surface area contributed by atoms with Gasteiger partial charge in [0.05, 0.1) is 7.11 Å². The number of hydrogen-bond donors (Lipinski definition) is 2. The molecular formula is C18H31IN4O. The summed E-state index contributed by atoms with van der Waals surface area (Å²) < 4.78 is 5.30. The molecule has 0 aliphatic carbocycles. The lowest BCUT2D eigenvalue weighted by molar-refractivity contribution is 0.267. The van der Waals surface area contributed by atoms with Gasteiger partial charge in [0.15, 0.2) is 5.96 Å². The molecule has 1 aromatic carbocycles. The minimum absolute atomic E-state index is 0. The molecule has 0 spiro atoms. The Kier molecular flexibility index (Phi) is 9.43. The van der Waals surface area contributed by atoms with Crippen LogP contribution in [0.15, 0.2) is 23.2 Å². The van der Waals surface area contributed by atoms with Gasteiger partial charge in [0, 0.05) is 26.2 Å². The molecule has 2 rings (SSSR count). The van der Waals surface area contributed by atoms with Crippen LogP contribution in [-0.4, -0.2) is 50.7 Å². The molecule has 0 bridgehead atoms. The summed E-state index contributed by atoms with van der Waals surface area (Å²) in [7, 11) is 3.52. The normalized spacial score (nSPS) is 18.2. The van der Waals surface area contributed by atoms with E-state index in [1.165, 1.54) is 24.9 Å². The van der Waals surface area contributed by atoms with Crippen molar-refractivity contribution in [3.63, 3.8) is 0 Å². The Morgan fingerprint density at radius 3 is 2.79 bits per heavy atom. The van der Waals surface area contributed by atoms with Crippen LogP contribution in [0.5, 0.6) is 5.75 Å². The van der Waals surface area contributed by atoms with E-state index in [0.29, 0.717) is 6.04 Å². The highest BCUT2D eigenvalue weighted by molar-refractivity contribution is 14.0. The number of aliphatic imine (C=N–C) groups is 1. The summed E-state index contributed by atoms with van der Waals surface area (Å²) in [5.74, 6) is 1.79. The highest BCUT2D eigenvalue weighted by Gasteiger charge is 2.22. The van der Waals surface area contributed by atoms with Crippen molar-refractivity contribution in [3.8, 4) is 5.75 Å². The van der Waals surface area contributed by atoms with Gasteiger partial charge < -0.3 is 15.4 Å². The van der Waals surface area contributed by atoms with Gasteiger partial charge in [0.2, 0.25) is 0 Å². The minimum Gasteiger partial charge on any atom is -0.496 e. The molecule has 0 saturated carbocycles. The number of likely N-dealkylation sites (tertiary alicyclic amines) is 1. The van der Waals surface area contributed by atoms with Crippen LogP contribution in [0.25, 0.3) is 0 Å². The van der Waals surface area contributed by atoms with Crippen molar-refractivity contribution in [2.24, 2.45) is 4.99 Å². The quantitative estimate of drug-likeness (QED) is 0.401. The number of nitrogens with one attached hydrogen (secondary N) is 2. The lowest BCUT2D eigenvalue weighted by atomic mass is 10.1. The number of benzene rings is 1. The van der Waals surface area contributed by atoms with Gasteiger partial charge >= 0.3 is 0 Å². The maximum Gasteiger partial charge on any atom is 0.191 e. The number of likely N-dealkylation sites (N-methyl/N-ethyl adjacent to an activating group) is 1. The largest absolute Gasteiger partial charge is 0.496 e. The Morgan fingerprint density at radius 2 is 2.17 bits per heavy atom. The maximum atomic E-state index is 5.30. The standard InChI is InChI=1S/C18H30N4O.HI/c1-5-22-10-6-7-16(22)13-21-18(19-3)20-12-15-8-9-17(23-4)14(2)11-15;/h8-9,11,16H,5-7,10,12-13H2,1-4H3,(H2,19,20,21);1H. The first-order chi connectivity index (χ1) is 11.2. The van der Waals surface area contributed by atoms with Crippen molar-refractivity contribution in [3.05, 3.63) is 29.3 Å². The third kappa shape index (κ3) is 5.81. The van der Waals surface area contributed by atoms with Crippen molar-refractivity contribution in [2.45, 2.75) is 39.3 Å². The molecular weight excluding hydrogens is 415 g/mol. The van der Waals surface area contributed by atoms with Crippen LogP contribution in [-0.2, 0) is 6.54 Å². The van der Waals surface area contributed by atoms with Crippen molar-refractivity contribution in [1.82, 2.24) is 15.5 Å². The van der Waals surface area contributed by atoms with Crippen LogP contribution >= 0.6 is 24.0 Å². The first-order valence-corrected chi connectivity index (χ1v) is 8.50. The zero-order valence-corrected chi connectivity index (χ0v) is 17.6. The van der Waals surface area contributed by atoms with Crippen LogP contribution in [0.1, 0.15) is 30.9 Å². The number of hydrogen-bond acceptors (Lipinski definition) is 3. The van der Waals surface area contributed by atoms with Gasteiger partial charge in [-0.1, -0.05) is 19.1 Å². The Hall–Kier alpha value is -1.02. The molecule has 2 N–H and O–H groups in total. The SMILES string of the molecule is CCN1CCCC1CNC(=NC)NCc1ccc(OC)c(C)c1.I. The van der Waals surface area contributed by atoms with Crippen molar-refractivity contribution >= 4 is 29.9 Å². The molecule has 1 unspecified atom stereocenters. The molecule has 1 saturated heterocycles. The van der Waals surface area contributed by atoms with Gasteiger partial charge in [-0.2, -0.15) is 0 Å². The smallest absolute Gasteiger partial charge is 0.191 e. The van der Waals surface area contributed by atoms with E-state index in [-0.39, 0.29) is 24.0 Å². The molecule has 1 atom stereocenters. The van der Waals surface area contributed by atoms with Crippen molar-refractivity contribution in [2.75, 3.05) is 33.8 Å². The molecule has 1 aromatic rings. The lowest BCUT2D eigenvalue weighted by Crippen LogP contribution is -2.44. The summed E-state index contributed by atoms with van der Waals surface area (Å²) in [5.41, 5.74) is 2.38. The van der Waals surface area contributed by atoms with Gasteiger partial charge in [-0.05, 0) is 50.0 Å². The van der Waals surface area contributed by atoms with E-state index in [9.17, 15) is 0 Å². The fourth-order valence-electron chi connectivity index (χ4n) is 3.21. The molecule has 24 heavy (non-hydrogen) atoms. The number of rotatable bonds is 6. The zero-order valence-electron chi connectivity index (χ0n) is 15.3. The number of aryl methyl sites for hydroxylation is 1. The third-order valence-electron chi connectivity index (χ3n) is 4.55. The lowest BCUT2D eigenvalue weighted by Gasteiger charge is -2.24. The first-order valence-electron chi connectivity index (χ1n) is 8.50. The maximum absolute atomic E-state index is 5.30. The van der Waals surface area contributed by atoms with Gasteiger partial charge in [0.25, 0.3) is 0 Å². The molecule has 0 aromatic heterocycles. The van der Waals surface area contributed by atoms with Crippen molar-refractivity contribution < 1.29 is 4.74 Å². The number of guanidine groups is 1. The molecule has 1 aliphatic heterocycles. The van der Waals surface area contributed by atoms with Crippen LogP contribution in [0.4, 0.5) is 0 Å². The molecule has 6 heteroatoms. The average Bonchev–Trinajstić information content (AvgIpc) is 3.02. The van der Waals surface area contributed by atoms with Gasteiger partial charge in [-0.25, -0.2) is 0 Å². The molecule has 1 aliphatic rings. The summed E-state index contributed by atoms with van der Waals surface area (Å²) in [6.45, 7) is 8.36. The van der Waals surface area contributed by atoms with E-state index in [2.05, 4.69) is 46.5 Å². The number of halogens is 1. The average molecular weight is 446 g/mol. The molecule has 5 nitrogen and oxygen atoms in total. The molecule has 0 radical (unpaired) electrons. The monoisotopic (exact) mass is 446 g/mol. The first kappa shape index (κ1) is 21.0. The predicted octanol–water partition coefficient (Wildman–Crippen LogP) is 2.77. The Balaban J connectivity index is 0.00000288. The Bertz CT molecular complexity index is 536. The van der Waals surface area contributed by atoms with E-state index in [0.717, 1.165) is 36.9 Å². The van der Waals surface area contributed by atoms with Crippen molar-refractivity contribution in [1.29, 1.82) is 0 Å². The van der Waals surface area contributed by atoms with Gasteiger partial charge in [0.1, 0.15) is 5.75 Å². The summed E-state index contributed by atoms with van der Waals surface area (Å²) >= 11 is 0. The van der Waals surface area contributed by atoms with Crippen LogP contribution in [0, 0.1) is 6.92 Å². The van der Waals surface area contributed by atoms with E-state index in [1.54, 1.807) is 7.11 Å². The second-order valence-electron chi connectivity index (χ2n) is 6.04. The predicted molar refractivity (Wildman–Crippen MR) is 112 cm³/mol. The summed E-state index contributed by atoms with van der Waals surface area (Å²) in [6, 6.07) is 6.87. The van der Waals surface area contributed by atoms with E-state index in [1.807, 2.05) is 13.1 Å². The molecule has 0 amide bonds.